The van der Waals surface area contributed by atoms with E-state index in [0.29, 0.717) is 11.8 Å². The van der Waals surface area contributed by atoms with Crippen molar-refractivity contribution in [2.24, 2.45) is 29.6 Å². The Morgan fingerprint density at radius 1 is 0.950 bits per heavy atom. The quantitative estimate of drug-likeness (QED) is 0.859. The SMILES string of the molecule is O=C(O)c1ccc(C(=O)C2C3CC4CC(C3)CC2C4)o1. The van der Waals surface area contributed by atoms with Crippen molar-refractivity contribution in [2.75, 3.05) is 0 Å². The fourth-order valence-electron chi connectivity index (χ4n) is 5.10. The molecule has 4 nitrogen and oxygen atoms in total. The molecule has 0 aromatic carbocycles. The van der Waals surface area contributed by atoms with E-state index >= 15 is 0 Å². The Labute approximate surface area is 117 Å². The van der Waals surface area contributed by atoms with E-state index in [0.717, 1.165) is 11.8 Å². The molecule has 4 heteroatoms. The van der Waals surface area contributed by atoms with Crippen LogP contribution in [-0.4, -0.2) is 16.9 Å². The van der Waals surface area contributed by atoms with Gasteiger partial charge in [0, 0.05) is 5.92 Å². The lowest BCUT2D eigenvalue weighted by molar-refractivity contribution is -0.0261. The fraction of sp³-hybridized carbons (Fsp3) is 0.625. The zero-order valence-corrected chi connectivity index (χ0v) is 11.2. The second-order valence-corrected chi connectivity index (χ2v) is 6.79. The number of Topliss-reactive ketones (excluding diaryl/α,β-unsaturated/α-hetero) is 1. The summed E-state index contributed by atoms with van der Waals surface area (Å²) in [5.41, 5.74) is 0. The summed E-state index contributed by atoms with van der Waals surface area (Å²) in [7, 11) is 0. The van der Waals surface area contributed by atoms with Crippen LogP contribution in [0.1, 0.15) is 53.2 Å². The Morgan fingerprint density at radius 3 is 2.00 bits per heavy atom. The minimum atomic E-state index is -1.12. The molecule has 0 radical (unpaired) electrons. The van der Waals surface area contributed by atoms with Gasteiger partial charge >= 0.3 is 5.97 Å². The Balaban J connectivity index is 1.60. The van der Waals surface area contributed by atoms with Gasteiger partial charge in [0.1, 0.15) is 0 Å². The summed E-state index contributed by atoms with van der Waals surface area (Å²) in [6, 6.07) is 2.91. The maximum Gasteiger partial charge on any atom is 0.371 e. The predicted octanol–water partition coefficient (Wildman–Crippen LogP) is 3.23. The molecule has 1 N–H and O–H groups in total. The van der Waals surface area contributed by atoms with Gasteiger partial charge in [-0.05, 0) is 67.9 Å². The van der Waals surface area contributed by atoms with E-state index in [4.69, 9.17) is 9.52 Å². The lowest BCUT2D eigenvalue weighted by atomic mass is 9.51. The summed E-state index contributed by atoms with van der Waals surface area (Å²) in [5, 5.41) is 8.89. The highest BCUT2D eigenvalue weighted by Crippen LogP contribution is 2.57. The molecular formula is C16H18O4. The molecule has 1 aromatic heterocycles. The van der Waals surface area contributed by atoms with Crippen LogP contribution in [0.5, 0.6) is 0 Å². The lowest BCUT2D eigenvalue weighted by Gasteiger charge is -2.53. The van der Waals surface area contributed by atoms with Crippen molar-refractivity contribution in [1.82, 2.24) is 0 Å². The summed E-state index contributed by atoms with van der Waals surface area (Å²) in [6.45, 7) is 0. The highest BCUT2D eigenvalue weighted by molar-refractivity contribution is 5.97. The van der Waals surface area contributed by atoms with Crippen LogP contribution in [0, 0.1) is 29.6 Å². The maximum absolute atomic E-state index is 12.7. The first kappa shape index (κ1) is 12.2. The summed E-state index contributed by atoms with van der Waals surface area (Å²) >= 11 is 0. The first-order valence-corrected chi connectivity index (χ1v) is 7.49. The van der Waals surface area contributed by atoms with Crippen molar-refractivity contribution in [3.05, 3.63) is 23.7 Å². The van der Waals surface area contributed by atoms with Gasteiger partial charge in [-0.1, -0.05) is 0 Å². The summed E-state index contributed by atoms with van der Waals surface area (Å²) in [6.07, 6.45) is 6.06. The van der Waals surface area contributed by atoms with Crippen LogP contribution in [0.2, 0.25) is 0 Å². The Morgan fingerprint density at radius 2 is 1.50 bits per heavy atom. The first-order chi connectivity index (χ1) is 9.61. The van der Waals surface area contributed by atoms with Gasteiger partial charge in [0.15, 0.2) is 5.76 Å². The van der Waals surface area contributed by atoms with Gasteiger partial charge in [0.25, 0.3) is 0 Å². The van der Waals surface area contributed by atoms with Crippen molar-refractivity contribution in [1.29, 1.82) is 0 Å². The Bertz CT molecular complexity index is 543. The number of hydrogen-bond donors (Lipinski definition) is 1. The van der Waals surface area contributed by atoms with Crippen LogP contribution in [0.3, 0.4) is 0 Å². The molecule has 0 unspecified atom stereocenters. The third-order valence-electron chi connectivity index (χ3n) is 5.59. The van der Waals surface area contributed by atoms with E-state index in [1.165, 1.54) is 44.2 Å². The van der Waals surface area contributed by atoms with Crippen LogP contribution in [0.4, 0.5) is 0 Å². The minimum absolute atomic E-state index is 0.0336. The van der Waals surface area contributed by atoms with Crippen molar-refractivity contribution >= 4 is 11.8 Å². The van der Waals surface area contributed by atoms with Crippen LogP contribution >= 0.6 is 0 Å². The average Bonchev–Trinajstić information content (AvgIpc) is 2.86. The van der Waals surface area contributed by atoms with E-state index in [2.05, 4.69) is 0 Å². The number of rotatable bonds is 3. The molecule has 106 valence electrons. The van der Waals surface area contributed by atoms with Crippen LogP contribution in [0.25, 0.3) is 0 Å². The summed E-state index contributed by atoms with van der Waals surface area (Å²) in [5.74, 6) is 1.72. The van der Waals surface area contributed by atoms with Crippen molar-refractivity contribution in [3.63, 3.8) is 0 Å². The van der Waals surface area contributed by atoms with E-state index in [1.54, 1.807) is 0 Å². The van der Waals surface area contributed by atoms with E-state index in [1.807, 2.05) is 0 Å². The monoisotopic (exact) mass is 274 g/mol. The summed E-state index contributed by atoms with van der Waals surface area (Å²) in [4.78, 5) is 23.5. The highest BCUT2D eigenvalue weighted by atomic mass is 16.4. The highest BCUT2D eigenvalue weighted by Gasteiger charge is 2.51. The molecule has 1 heterocycles. The van der Waals surface area contributed by atoms with Crippen molar-refractivity contribution in [2.45, 2.75) is 32.1 Å². The average molecular weight is 274 g/mol. The molecule has 20 heavy (non-hydrogen) atoms. The maximum atomic E-state index is 12.7. The zero-order valence-electron chi connectivity index (χ0n) is 11.2. The number of ketones is 1. The van der Waals surface area contributed by atoms with Crippen LogP contribution < -0.4 is 0 Å². The second kappa shape index (κ2) is 4.21. The smallest absolute Gasteiger partial charge is 0.371 e. The number of hydrogen-bond acceptors (Lipinski definition) is 3. The van der Waals surface area contributed by atoms with Gasteiger partial charge in [-0.3, -0.25) is 4.79 Å². The Kier molecular flexibility index (Phi) is 2.56. The summed E-state index contributed by atoms with van der Waals surface area (Å²) < 4.78 is 5.21. The molecule has 0 saturated heterocycles. The molecule has 4 aliphatic rings. The molecule has 1 aromatic rings. The first-order valence-electron chi connectivity index (χ1n) is 7.49. The van der Waals surface area contributed by atoms with Crippen LogP contribution in [0.15, 0.2) is 16.5 Å². The number of carbonyl (C=O) groups excluding carboxylic acids is 1. The van der Waals surface area contributed by atoms with Crippen molar-refractivity contribution < 1.29 is 19.1 Å². The molecule has 4 fully saturated rings. The third-order valence-corrected chi connectivity index (χ3v) is 5.59. The number of carbonyl (C=O) groups is 2. The van der Waals surface area contributed by atoms with Gasteiger partial charge in [-0.2, -0.15) is 0 Å². The Hall–Kier alpha value is -1.58. The predicted molar refractivity (Wildman–Crippen MR) is 70.5 cm³/mol. The normalized spacial score (nSPS) is 38.1. The lowest BCUT2D eigenvalue weighted by Crippen LogP contribution is -2.47. The molecule has 0 spiro atoms. The number of aromatic carboxylic acids is 1. The molecular weight excluding hydrogens is 256 g/mol. The van der Waals surface area contributed by atoms with E-state index < -0.39 is 5.97 Å². The van der Waals surface area contributed by atoms with Gasteiger partial charge in [-0.15, -0.1) is 0 Å². The molecule has 0 amide bonds. The van der Waals surface area contributed by atoms with Gasteiger partial charge in [-0.25, -0.2) is 4.79 Å². The van der Waals surface area contributed by atoms with Gasteiger partial charge in [0.05, 0.1) is 0 Å². The molecule has 0 aliphatic heterocycles. The van der Waals surface area contributed by atoms with Gasteiger partial charge < -0.3 is 9.52 Å². The molecule has 0 atom stereocenters. The number of carboxylic acid groups (broad SMARTS) is 1. The molecule has 4 aliphatic carbocycles. The fourth-order valence-corrected chi connectivity index (χ4v) is 5.10. The second-order valence-electron chi connectivity index (χ2n) is 6.79. The number of carboxylic acids is 1. The third kappa shape index (κ3) is 1.74. The molecule has 5 rings (SSSR count). The van der Waals surface area contributed by atoms with Crippen molar-refractivity contribution in [3.8, 4) is 0 Å². The van der Waals surface area contributed by atoms with Crippen LogP contribution in [-0.2, 0) is 0 Å². The van der Waals surface area contributed by atoms with E-state index in [9.17, 15) is 9.59 Å². The zero-order chi connectivity index (χ0) is 13.9. The van der Waals surface area contributed by atoms with E-state index in [-0.39, 0.29) is 23.2 Å². The standard InChI is InChI=1S/C16H18O4/c17-15(12-1-2-13(20-12)16(18)19)14-10-4-8-3-9(6-10)7-11(14)5-8/h1-2,8-11,14H,3-7H2,(H,18,19). The van der Waals surface area contributed by atoms with Gasteiger partial charge in [0.2, 0.25) is 11.5 Å². The minimum Gasteiger partial charge on any atom is -0.475 e. The largest absolute Gasteiger partial charge is 0.475 e. The topological polar surface area (TPSA) is 67.5 Å². The molecule has 4 saturated carbocycles. The number of furan rings is 1. The molecule has 4 bridgehead atoms.